The zero-order valence-corrected chi connectivity index (χ0v) is 11.0. The van der Waals surface area contributed by atoms with Gasteiger partial charge in [0.25, 0.3) is 0 Å². The minimum Gasteiger partial charge on any atom is -0.481 e. The SMILES string of the molecule is COc1ccc(CNC(=O)CC2COCCN2)cn1. The normalized spacial score (nSPS) is 18.9. The van der Waals surface area contributed by atoms with Gasteiger partial charge < -0.3 is 20.1 Å². The smallest absolute Gasteiger partial charge is 0.221 e. The van der Waals surface area contributed by atoms with E-state index in [2.05, 4.69) is 15.6 Å². The fourth-order valence-corrected chi connectivity index (χ4v) is 1.88. The summed E-state index contributed by atoms with van der Waals surface area (Å²) in [5, 5.41) is 6.12. The van der Waals surface area contributed by atoms with E-state index in [-0.39, 0.29) is 11.9 Å². The van der Waals surface area contributed by atoms with Crippen LogP contribution in [0.15, 0.2) is 18.3 Å². The first kappa shape index (κ1) is 13.8. The standard InChI is InChI=1S/C13H19N3O3/c1-18-13-3-2-10(8-16-13)7-15-12(17)6-11-9-19-5-4-14-11/h2-3,8,11,14H,4-7,9H2,1H3,(H,15,17). The molecule has 1 saturated heterocycles. The summed E-state index contributed by atoms with van der Waals surface area (Å²) in [6.07, 6.45) is 2.13. The number of methoxy groups -OCH3 is 1. The average molecular weight is 265 g/mol. The second kappa shape index (κ2) is 7.06. The Hall–Kier alpha value is -1.66. The van der Waals surface area contributed by atoms with Crippen molar-refractivity contribution in [2.75, 3.05) is 26.9 Å². The van der Waals surface area contributed by atoms with Crippen LogP contribution < -0.4 is 15.4 Å². The molecule has 1 atom stereocenters. The molecule has 2 heterocycles. The molecule has 0 saturated carbocycles. The highest BCUT2D eigenvalue weighted by molar-refractivity contribution is 5.76. The highest BCUT2D eigenvalue weighted by Gasteiger charge is 2.16. The molecule has 1 aliphatic rings. The number of aromatic nitrogens is 1. The molecule has 1 fully saturated rings. The van der Waals surface area contributed by atoms with Crippen molar-refractivity contribution >= 4 is 5.91 Å². The molecule has 0 spiro atoms. The molecular formula is C13H19N3O3. The molecular weight excluding hydrogens is 246 g/mol. The largest absolute Gasteiger partial charge is 0.481 e. The number of hydrogen-bond acceptors (Lipinski definition) is 5. The van der Waals surface area contributed by atoms with Crippen molar-refractivity contribution in [3.8, 4) is 5.88 Å². The van der Waals surface area contributed by atoms with Gasteiger partial charge in [-0.3, -0.25) is 4.79 Å². The van der Waals surface area contributed by atoms with E-state index < -0.39 is 0 Å². The molecule has 0 bridgehead atoms. The molecule has 2 rings (SSSR count). The first-order valence-electron chi connectivity index (χ1n) is 6.34. The number of nitrogens with one attached hydrogen (secondary N) is 2. The van der Waals surface area contributed by atoms with Crippen LogP contribution in [0, 0.1) is 0 Å². The van der Waals surface area contributed by atoms with E-state index >= 15 is 0 Å². The van der Waals surface area contributed by atoms with Gasteiger partial charge in [0.15, 0.2) is 0 Å². The van der Waals surface area contributed by atoms with Crippen LogP contribution in [0.4, 0.5) is 0 Å². The van der Waals surface area contributed by atoms with Crippen molar-refractivity contribution in [3.63, 3.8) is 0 Å². The summed E-state index contributed by atoms with van der Waals surface area (Å²) >= 11 is 0. The predicted octanol–water partition coefficient (Wildman–Crippen LogP) is 0.0849. The third kappa shape index (κ3) is 4.50. The van der Waals surface area contributed by atoms with E-state index in [1.165, 1.54) is 0 Å². The monoisotopic (exact) mass is 265 g/mol. The molecule has 0 radical (unpaired) electrons. The number of morpholine rings is 1. The van der Waals surface area contributed by atoms with Crippen LogP contribution in [-0.4, -0.2) is 43.8 Å². The Morgan fingerprint density at radius 1 is 1.63 bits per heavy atom. The number of nitrogens with zero attached hydrogens (tertiary/aromatic N) is 1. The molecule has 1 aliphatic heterocycles. The number of pyridine rings is 1. The molecule has 1 aromatic rings. The Balaban J connectivity index is 1.72. The molecule has 1 aromatic heterocycles. The summed E-state index contributed by atoms with van der Waals surface area (Å²) < 4.78 is 10.3. The zero-order valence-electron chi connectivity index (χ0n) is 11.0. The summed E-state index contributed by atoms with van der Waals surface area (Å²) in [6.45, 7) is 2.59. The third-order valence-electron chi connectivity index (χ3n) is 2.93. The average Bonchev–Trinajstić information content (AvgIpc) is 2.47. The first-order chi connectivity index (χ1) is 9.28. The van der Waals surface area contributed by atoms with E-state index in [0.717, 1.165) is 18.7 Å². The van der Waals surface area contributed by atoms with Crippen LogP contribution in [-0.2, 0) is 16.1 Å². The highest BCUT2D eigenvalue weighted by Crippen LogP contribution is 2.06. The molecule has 6 nitrogen and oxygen atoms in total. The summed E-state index contributed by atoms with van der Waals surface area (Å²) in [4.78, 5) is 15.8. The van der Waals surface area contributed by atoms with E-state index in [4.69, 9.17) is 9.47 Å². The number of amides is 1. The van der Waals surface area contributed by atoms with Crippen molar-refractivity contribution < 1.29 is 14.3 Å². The van der Waals surface area contributed by atoms with E-state index in [9.17, 15) is 4.79 Å². The van der Waals surface area contributed by atoms with Crippen LogP contribution in [0.1, 0.15) is 12.0 Å². The van der Waals surface area contributed by atoms with Crippen LogP contribution in [0.5, 0.6) is 5.88 Å². The van der Waals surface area contributed by atoms with Crippen molar-refractivity contribution in [2.45, 2.75) is 19.0 Å². The fraction of sp³-hybridized carbons (Fsp3) is 0.538. The van der Waals surface area contributed by atoms with Gasteiger partial charge in [-0.25, -0.2) is 4.98 Å². The van der Waals surface area contributed by atoms with E-state index in [1.54, 1.807) is 19.4 Å². The van der Waals surface area contributed by atoms with E-state index in [0.29, 0.717) is 25.5 Å². The van der Waals surface area contributed by atoms with Crippen LogP contribution >= 0.6 is 0 Å². The van der Waals surface area contributed by atoms with Crippen LogP contribution in [0.25, 0.3) is 0 Å². The third-order valence-corrected chi connectivity index (χ3v) is 2.93. The van der Waals surface area contributed by atoms with Gasteiger partial charge in [0, 0.05) is 37.8 Å². The summed E-state index contributed by atoms with van der Waals surface area (Å²) in [6, 6.07) is 3.77. The number of hydrogen-bond donors (Lipinski definition) is 2. The van der Waals surface area contributed by atoms with Crippen molar-refractivity contribution in [1.29, 1.82) is 0 Å². The quantitative estimate of drug-likeness (QED) is 0.789. The lowest BCUT2D eigenvalue weighted by molar-refractivity contribution is -0.122. The fourth-order valence-electron chi connectivity index (χ4n) is 1.88. The van der Waals surface area contributed by atoms with Gasteiger partial charge in [-0.1, -0.05) is 6.07 Å². The second-order valence-electron chi connectivity index (χ2n) is 4.42. The lowest BCUT2D eigenvalue weighted by atomic mass is 10.2. The summed E-state index contributed by atoms with van der Waals surface area (Å²) in [5.74, 6) is 0.581. The van der Waals surface area contributed by atoms with Gasteiger partial charge in [0.05, 0.1) is 20.3 Å². The lowest BCUT2D eigenvalue weighted by Crippen LogP contribution is -2.44. The summed E-state index contributed by atoms with van der Waals surface area (Å²) in [5.41, 5.74) is 0.946. The topological polar surface area (TPSA) is 72.5 Å². The van der Waals surface area contributed by atoms with Gasteiger partial charge in [0.1, 0.15) is 0 Å². The first-order valence-corrected chi connectivity index (χ1v) is 6.34. The lowest BCUT2D eigenvalue weighted by Gasteiger charge is -2.23. The van der Waals surface area contributed by atoms with Crippen molar-refractivity contribution in [2.24, 2.45) is 0 Å². The molecule has 0 aromatic carbocycles. The Kier molecular flexibility index (Phi) is 5.11. The maximum Gasteiger partial charge on any atom is 0.221 e. The number of carbonyl (C=O) groups excluding carboxylic acids is 1. The minimum atomic E-state index is 0.0128. The maximum atomic E-state index is 11.8. The maximum absolute atomic E-state index is 11.8. The Morgan fingerprint density at radius 3 is 3.16 bits per heavy atom. The molecule has 1 amide bonds. The summed E-state index contributed by atoms with van der Waals surface area (Å²) in [7, 11) is 1.57. The molecule has 19 heavy (non-hydrogen) atoms. The molecule has 2 N–H and O–H groups in total. The van der Waals surface area contributed by atoms with Gasteiger partial charge >= 0.3 is 0 Å². The van der Waals surface area contributed by atoms with Crippen LogP contribution in [0.2, 0.25) is 0 Å². The van der Waals surface area contributed by atoms with Crippen molar-refractivity contribution in [3.05, 3.63) is 23.9 Å². The van der Waals surface area contributed by atoms with E-state index in [1.807, 2.05) is 6.07 Å². The second-order valence-corrected chi connectivity index (χ2v) is 4.42. The van der Waals surface area contributed by atoms with Gasteiger partial charge in [0.2, 0.25) is 11.8 Å². The number of rotatable bonds is 5. The van der Waals surface area contributed by atoms with Crippen LogP contribution in [0.3, 0.4) is 0 Å². The Labute approximate surface area is 112 Å². The van der Waals surface area contributed by atoms with Gasteiger partial charge in [-0.2, -0.15) is 0 Å². The minimum absolute atomic E-state index is 0.0128. The highest BCUT2D eigenvalue weighted by atomic mass is 16.5. The van der Waals surface area contributed by atoms with Crippen molar-refractivity contribution in [1.82, 2.24) is 15.6 Å². The zero-order chi connectivity index (χ0) is 13.5. The van der Waals surface area contributed by atoms with Gasteiger partial charge in [-0.15, -0.1) is 0 Å². The number of ether oxygens (including phenoxy) is 2. The Bertz CT molecular complexity index is 402. The molecule has 104 valence electrons. The number of carbonyl (C=O) groups is 1. The van der Waals surface area contributed by atoms with Gasteiger partial charge in [-0.05, 0) is 5.56 Å². The molecule has 0 aliphatic carbocycles. The Morgan fingerprint density at radius 2 is 2.53 bits per heavy atom. The predicted molar refractivity (Wildman–Crippen MR) is 69.9 cm³/mol. The molecule has 6 heteroatoms. The molecule has 1 unspecified atom stereocenters.